The van der Waals surface area contributed by atoms with Gasteiger partial charge in [-0.1, -0.05) is 30.3 Å². The molecule has 0 unspecified atom stereocenters. The van der Waals surface area contributed by atoms with Gasteiger partial charge in [-0.05, 0) is 0 Å². The second-order valence-corrected chi connectivity index (χ2v) is 6.16. The SMILES string of the molecule is N=C(CC(=O)Nc1nc(-c2ccccc2)cs1)c1c(N)[nH]c(=O)[nH]c1=O. The zero-order chi connectivity index (χ0) is 18.7. The summed E-state index contributed by atoms with van der Waals surface area (Å²) in [6, 6.07) is 9.48. The molecule has 0 bridgehead atoms. The Morgan fingerprint density at radius 2 is 1.96 bits per heavy atom. The molecular weight excluding hydrogens is 356 g/mol. The van der Waals surface area contributed by atoms with Crippen LogP contribution in [0.1, 0.15) is 12.0 Å². The maximum absolute atomic E-state index is 12.1. The highest BCUT2D eigenvalue weighted by molar-refractivity contribution is 7.14. The maximum atomic E-state index is 12.1. The molecule has 0 spiro atoms. The quantitative estimate of drug-likeness (QED) is 0.426. The zero-order valence-corrected chi connectivity index (χ0v) is 14.1. The highest BCUT2D eigenvalue weighted by atomic mass is 32.1. The Balaban J connectivity index is 1.70. The van der Waals surface area contributed by atoms with Crippen LogP contribution < -0.4 is 22.3 Å². The molecule has 2 heterocycles. The molecule has 10 heteroatoms. The number of H-pyrrole nitrogens is 2. The van der Waals surface area contributed by atoms with Crippen molar-refractivity contribution in [3.8, 4) is 11.3 Å². The summed E-state index contributed by atoms with van der Waals surface area (Å²) in [7, 11) is 0. The fraction of sp³-hybridized carbons (Fsp3) is 0.0625. The zero-order valence-electron chi connectivity index (χ0n) is 13.3. The molecule has 2 aromatic heterocycles. The van der Waals surface area contributed by atoms with Gasteiger partial charge in [-0.3, -0.25) is 19.6 Å². The topological polar surface area (TPSA) is 158 Å². The largest absolute Gasteiger partial charge is 0.384 e. The van der Waals surface area contributed by atoms with E-state index < -0.39 is 17.2 Å². The lowest BCUT2D eigenvalue weighted by Crippen LogP contribution is -2.31. The molecule has 3 rings (SSSR count). The van der Waals surface area contributed by atoms with E-state index in [-0.39, 0.29) is 23.5 Å². The summed E-state index contributed by atoms with van der Waals surface area (Å²) in [5.74, 6) is -0.772. The third kappa shape index (κ3) is 3.75. The van der Waals surface area contributed by atoms with E-state index in [0.717, 1.165) is 11.3 Å². The van der Waals surface area contributed by atoms with Gasteiger partial charge in [0.15, 0.2) is 5.13 Å². The number of aromatic nitrogens is 3. The van der Waals surface area contributed by atoms with Crippen molar-refractivity contribution in [3.63, 3.8) is 0 Å². The van der Waals surface area contributed by atoms with Crippen molar-refractivity contribution in [1.29, 1.82) is 5.41 Å². The number of carbonyl (C=O) groups is 1. The number of benzene rings is 1. The Morgan fingerprint density at radius 3 is 2.65 bits per heavy atom. The van der Waals surface area contributed by atoms with Crippen molar-refractivity contribution in [2.75, 3.05) is 11.1 Å². The highest BCUT2D eigenvalue weighted by Gasteiger charge is 2.17. The lowest BCUT2D eigenvalue weighted by Gasteiger charge is -2.05. The second kappa shape index (κ2) is 7.15. The van der Waals surface area contributed by atoms with Crippen molar-refractivity contribution in [2.24, 2.45) is 0 Å². The van der Waals surface area contributed by atoms with E-state index in [0.29, 0.717) is 5.13 Å². The van der Waals surface area contributed by atoms with Gasteiger partial charge in [-0.25, -0.2) is 9.78 Å². The molecule has 0 radical (unpaired) electrons. The minimum Gasteiger partial charge on any atom is -0.384 e. The highest BCUT2D eigenvalue weighted by Crippen LogP contribution is 2.24. The van der Waals surface area contributed by atoms with Crippen LogP contribution in [0.3, 0.4) is 0 Å². The summed E-state index contributed by atoms with van der Waals surface area (Å²) in [6.45, 7) is 0. The molecule has 26 heavy (non-hydrogen) atoms. The van der Waals surface area contributed by atoms with Gasteiger partial charge in [0.1, 0.15) is 11.4 Å². The van der Waals surface area contributed by atoms with Crippen molar-refractivity contribution in [1.82, 2.24) is 15.0 Å². The fourth-order valence-corrected chi connectivity index (χ4v) is 3.02. The van der Waals surface area contributed by atoms with Gasteiger partial charge >= 0.3 is 5.69 Å². The number of carbonyl (C=O) groups excluding carboxylic acids is 1. The van der Waals surface area contributed by atoms with Crippen molar-refractivity contribution >= 4 is 33.9 Å². The first-order valence-electron chi connectivity index (χ1n) is 7.44. The number of nitrogen functional groups attached to an aromatic ring is 1. The molecule has 1 amide bonds. The minimum absolute atomic E-state index is 0.233. The summed E-state index contributed by atoms with van der Waals surface area (Å²) in [5.41, 5.74) is 5.08. The number of nitrogens with zero attached hydrogens (tertiary/aromatic N) is 1. The third-order valence-electron chi connectivity index (χ3n) is 3.43. The lowest BCUT2D eigenvalue weighted by molar-refractivity contribution is -0.115. The molecule has 0 saturated carbocycles. The van der Waals surface area contributed by atoms with Gasteiger partial charge in [0, 0.05) is 10.9 Å². The average Bonchev–Trinajstić information content (AvgIpc) is 3.03. The predicted molar refractivity (Wildman–Crippen MR) is 99.7 cm³/mol. The summed E-state index contributed by atoms with van der Waals surface area (Å²) in [5, 5.41) is 12.7. The Labute approximate surface area is 150 Å². The van der Waals surface area contributed by atoms with E-state index in [1.54, 1.807) is 5.38 Å². The van der Waals surface area contributed by atoms with Crippen molar-refractivity contribution in [3.05, 3.63) is 62.1 Å². The van der Waals surface area contributed by atoms with Gasteiger partial charge in [0.05, 0.1) is 17.8 Å². The van der Waals surface area contributed by atoms with E-state index in [4.69, 9.17) is 11.1 Å². The van der Waals surface area contributed by atoms with Gasteiger partial charge in [-0.15, -0.1) is 11.3 Å². The molecule has 0 atom stereocenters. The van der Waals surface area contributed by atoms with Gasteiger partial charge in [-0.2, -0.15) is 0 Å². The van der Waals surface area contributed by atoms with Crippen molar-refractivity contribution in [2.45, 2.75) is 6.42 Å². The molecular formula is C16H14N6O3S. The number of aromatic amines is 2. The Kier molecular flexibility index (Phi) is 4.76. The van der Waals surface area contributed by atoms with Crippen LogP contribution in [0.15, 0.2) is 45.3 Å². The van der Waals surface area contributed by atoms with Crippen LogP contribution in [-0.2, 0) is 4.79 Å². The van der Waals surface area contributed by atoms with Gasteiger partial charge in [0.25, 0.3) is 5.56 Å². The van der Waals surface area contributed by atoms with Crippen LogP contribution in [0, 0.1) is 5.41 Å². The number of anilines is 2. The third-order valence-corrected chi connectivity index (χ3v) is 4.19. The number of hydrogen-bond acceptors (Lipinski definition) is 7. The molecule has 0 saturated heterocycles. The Morgan fingerprint density at radius 1 is 1.23 bits per heavy atom. The van der Waals surface area contributed by atoms with Crippen molar-refractivity contribution < 1.29 is 4.79 Å². The molecule has 9 nitrogen and oxygen atoms in total. The smallest absolute Gasteiger partial charge is 0.327 e. The summed E-state index contributed by atoms with van der Waals surface area (Å²) in [4.78, 5) is 43.5. The molecule has 132 valence electrons. The first kappa shape index (κ1) is 17.3. The van der Waals surface area contributed by atoms with E-state index in [1.807, 2.05) is 35.3 Å². The predicted octanol–water partition coefficient (Wildman–Crippen LogP) is 1.17. The number of nitrogens with one attached hydrogen (secondary N) is 4. The monoisotopic (exact) mass is 370 g/mol. The van der Waals surface area contributed by atoms with Crippen LogP contribution in [0.4, 0.5) is 10.9 Å². The van der Waals surface area contributed by atoms with E-state index >= 15 is 0 Å². The number of hydrogen-bond donors (Lipinski definition) is 5. The van der Waals surface area contributed by atoms with Crippen LogP contribution in [-0.4, -0.2) is 26.6 Å². The minimum atomic E-state index is -0.815. The van der Waals surface area contributed by atoms with E-state index in [2.05, 4.69) is 15.3 Å². The van der Waals surface area contributed by atoms with Crippen LogP contribution in [0.5, 0.6) is 0 Å². The molecule has 3 aromatic rings. The number of rotatable bonds is 5. The molecule has 0 aliphatic rings. The number of thiazole rings is 1. The van der Waals surface area contributed by atoms with Crippen LogP contribution in [0.25, 0.3) is 11.3 Å². The average molecular weight is 370 g/mol. The fourth-order valence-electron chi connectivity index (χ4n) is 2.29. The normalized spacial score (nSPS) is 10.5. The van der Waals surface area contributed by atoms with Gasteiger partial charge in [0.2, 0.25) is 5.91 Å². The standard InChI is InChI=1S/C16H14N6O3S/c17-9(12-13(18)21-15(25)22-14(12)24)6-11(23)20-16-19-10(7-26-16)8-4-2-1-3-5-8/h1-5,7,17H,6H2,(H,19,20,23)(H4,18,21,22,24,25). The Bertz CT molecular complexity index is 1080. The molecule has 0 aliphatic carbocycles. The molecule has 0 fully saturated rings. The molecule has 1 aromatic carbocycles. The lowest BCUT2D eigenvalue weighted by atomic mass is 10.1. The van der Waals surface area contributed by atoms with Crippen LogP contribution >= 0.6 is 11.3 Å². The summed E-state index contributed by atoms with van der Waals surface area (Å²) in [6.07, 6.45) is -0.389. The number of nitrogens with two attached hydrogens (primary N) is 1. The first-order valence-corrected chi connectivity index (χ1v) is 8.32. The molecule has 6 N–H and O–H groups in total. The number of amides is 1. The summed E-state index contributed by atoms with van der Waals surface area (Å²) >= 11 is 1.25. The second-order valence-electron chi connectivity index (χ2n) is 5.30. The van der Waals surface area contributed by atoms with Crippen LogP contribution in [0.2, 0.25) is 0 Å². The first-order chi connectivity index (χ1) is 12.4. The maximum Gasteiger partial charge on any atom is 0.327 e. The van der Waals surface area contributed by atoms with E-state index in [1.165, 1.54) is 11.3 Å². The van der Waals surface area contributed by atoms with E-state index in [9.17, 15) is 14.4 Å². The molecule has 0 aliphatic heterocycles. The Hall–Kier alpha value is -3.53. The summed E-state index contributed by atoms with van der Waals surface area (Å²) < 4.78 is 0. The van der Waals surface area contributed by atoms with Gasteiger partial charge < -0.3 is 16.5 Å².